The molecule has 0 spiro atoms. The summed E-state index contributed by atoms with van der Waals surface area (Å²) < 4.78 is 6.40. The highest BCUT2D eigenvalue weighted by Crippen LogP contribution is 2.32. The smallest absolute Gasteiger partial charge is 0.255 e. The largest absolute Gasteiger partial charge is 0.489 e. The van der Waals surface area contributed by atoms with Crippen molar-refractivity contribution in [3.8, 4) is 5.75 Å². The van der Waals surface area contributed by atoms with Crippen molar-refractivity contribution in [3.05, 3.63) is 59.4 Å². The number of ether oxygens (including phenoxy) is 1. The number of benzene rings is 1. The first-order valence-corrected chi connectivity index (χ1v) is 11.6. The van der Waals surface area contributed by atoms with E-state index in [1.165, 1.54) is 12.0 Å². The van der Waals surface area contributed by atoms with Gasteiger partial charge in [0.1, 0.15) is 17.9 Å². The van der Waals surface area contributed by atoms with Gasteiger partial charge in [-0.3, -0.25) is 24.7 Å². The zero-order valence-corrected chi connectivity index (χ0v) is 18.5. The number of carbonyl (C=O) groups is 3. The Kier molecular flexibility index (Phi) is 6.09. The molecule has 8 nitrogen and oxygen atoms in total. The third-order valence-corrected chi connectivity index (χ3v) is 6.80. The van der Waals surface area contributed by atoms with Gasteiger partial charge >= 0.3 is 0 Å². The van der Waals surface area contributed by atoms with Gasteiger partial charge in [0.15, 0.2) is 0 Å². The summed E-state index contributed by atoms with van der Waals surface area (Å²) in [5, 5.41) is 5.98. The fourth-order valence-corrected chi connectivity index (χ4v) is 5.02. The van der Waals surface area contributed by atoms with Gasteiger partial charge in [-0.15, -0.1) is 0 Å². The summed E-state index contributed by atoms with van der Waals surface area (Å²) in [5.74, 6) is -0.0974. The second-order valence-electron chi connectivity index (χ2n) is 9.00. The first-order valence-electron chi connectivity index (χ1n) is 11.6. The predicted molar refractivity (Wildman–Crippen MR) is 120 cm³/mol. The molecule has 3 amide bonds. The van der Waals surface area contributed by atoms with Gasteiger partial charge in [0, 0.05) is 43.5 Å². The fraction of sp³-hybridized carbons (Fsp3) is 0.440. The Morgan fingerprint density at radius 1 is 1.06 bits per heavy atom. The molecule has 2 aromatic rings. The van der Waals surface area contributed by atoms with E-state index in [1.54, 1.807) is 23.4 Å². The van der Waals surface area contributed by atoms with Crippen LogP contribution in [-0.2, 0) is 22.7 Å². The molecule has 1 saturated carbocycles. The molecule has 0 bridgehead atoms. The third-order valence-electron chi connectivity index (χ3n) is 6.80. The van der Waals surface area contributed by atoms with Crippen molar-refractivity contribution < 1.29 is 19.1 Å². The van der Waals surface area contributed by atoms with E-state index >= 15 is 0 Å². The van der Waals surface area contributed by atoms with Crippen LogP contribution in [0.4, 0.5) is 0 Å². The summed E-state index contributed by atoms with van der Waals surface area (Å²) in [6.07, 6.45) is 8.61. The van der Waals surface area contributed by atoms with Crippen LogP contribution in [0.5, 0.6) is 5.75 Å². The summed E-state index contributed by atoms with van der Waals surface area (Å²) in [5.41, 5.74) is 2.65. The van der Waals surface area contributed by atoms with Gasteiger partial charge in [-0.05, 0) is 67.1 Å². The highest BCUT2D eigenvalue weighted by atomic mass is 16.5. The number of fused-ring (bicyclic) bond motifs is 1. The average Bonchev–Trinajstić information content (AvgIpc) is 3.14. The number of rotatable bonds is 6. The van der Waals surface area contributed by atoms with Crippen LogP contribution < -0.4 is 15.4 Å². The molecule has 2 fully saturated rings. The Bertz CT molecular complexity index is 1060. The number of piperidine rings is 1. The van der Waals surface area contributed by atoms with E-state index in [1.807, 2.05) is 24.3 Å². The first-order chi connectivity index (χ1) is 16.1. The minimum absolute atomic E-state index is 0.0574. The lowest BCUT2D eigenvalue weighted by Gasteiger charge is -2.33. The molecule has 3 heterocycles. The fourth-order valence-electron chi connectivity index (χ4n) is 5.02. The van der Waals surface area contributed by atoms with Crippen LogP contribution in [0.15, 0.2) is 42.7 Å². The van der Waals surface area contributed by atoms with Crippen LogP contribution in [0.25, 0.3) is 0 Å². The number of hydrogen-bond donors (Lipinski definition) is 2. The van der Waals surface area contributed by atoms with Crippen LogP contribution in [0.1, 0.15) is 60.0 Å². The van der Waals surface area contributed by atoms with Crippen LogP contribution in [-0.4, -0.2) is 45.8 Å². The molecular formula is C25H28N4O4. The molecule has 1 aromatic heterocycles. The van der Waals surface area contributed by atoms with Crippen LogP contribution in [0.3, 0.4) is 0 Å². The molecule has 3 atom stereocenters. The minimum atomic E-state index is -0.605. The average molecular weight is 449 g/mol. The van der Waals surface area contributed by atoms with Gasteiger partial charge in [0.2, 0.25) is 11.8 Å². The summed E-state index contributed by atoms with van der Waals surface area (Å²) >= 11 is 0. The van der Waals surface area contributed by atoms with Crippen molar-refractivity contribution in [1.29, 1.82) is 0 Å². The van der Waals surface area contributed by atoms with Gasteiger partial charge in [0.05, 0.1) is 0 Å². The highest BCUT2D eigenvalue weighted by molar-refractivity contribution is 6.05. The standard InChI is InChI=1S/C25H28N4O4/c30-23-8-7-21(24(31)28-23)29-15-17-13-18(5-6-19(17)25(29)32)33-22-4-2-1-3-20(22)27-14-16-9-11-26-12-10-16/h5-6,9-13,20-22,27H,1-4,7-8,14-15H2,(H,28,30,31). The molecule has 0 radical (unpaired) electrons. The SMILES string of the molecule is O=C1CCC(N2Cc3cc(OC4CCCCC4NCc4ccncc4)ccc3C2=O)C(=O)N1. The van der Waals surface area contributed by atoms with Crippen molar-refractivity contribution in [1.82, 2.24) is 20.5 Å². The van der Waals surface area contributed by atoms with Gasteiger partial charge < -0.3 is 15.0 Å². The zero-order valence-electron chi connectivity index (χ0n) is 18.5. The second-order valence-corrected chi connectivity index (χ2v) is 9.00. The van der Waals surface area contributed by atoms with E-state index in [9.17, 15) is 14.4 Å². The molecule has 5 rings (SSSR count). The molecule has 33 heavy (non-hydrogen) atoms. The van der Waals surface area contributed by atoms with Crippen molar-refractivity contribution in [2.24, 2.45) is 0 Å². The normalized spacial score (nSPS) is 25.0. The Labute approximate surface area is 192 Å². The predicted octanol–water partition coefficient (Wildman–Crippen LogP) is 2.32. The molecule has 3 aliphatic rings. The van der Waals surface area contributed by atoms with Gasteiger partial charge in [-0.25, -0.2) is 0 Å². The Morgan fingerprint density at radius 3 is 2.70 bits per heavy atom. The summed E-state index contributed by atoms with van der Waals surface area (Å²) in [7, 11) is 0. The number of imide groups is 1. The molecule has 1 aliphatic carbocycles. The number of aromatic nitrogens is 1. The molecule has 3 unspecified atom stereocenters. The van der Waals surface area contributed by atoms with E-state index in [0.29, 0.717) is 18.5 Å². The molecule has 172 valence electrons. The number of hydrogen-bond acceptors (Lipinski definition) is 6. The summed E-state index contributed by atoms with van der Waals surface area (Å²) in [6.45, 7) is 1.12. The van der Waals surface area contributed by atoms with Crippen molar-refractivity contribution in [2.45, 2.75) is 69.8 Å². The Balaban J connectivity index is 1.25. The van der Waals surface area contributed by atoms with Crippen LogP contribution >= 0.6 is 0 Å². The lowest BCUT2D eigenvalue weighted by molar-refractivity contribution is -0.136. The lowest BCUT2D eigenvalue weighted by Crippen LogP contribution is -2.52. The zero-order chi connectivity index (χ0) is 22.8. The van der Waals surface area contributed by atoms with Gasteiger partial charge in [-0.1, -0.05) is 6.42 Å². The molecule has 2 N–H and O–H groups in total. The van der Waals surface area contributed by atoms with Gasteiger partial charge in [0.25, 0.3) is 5.91 Å². The Morgan fingerprint density at radius 2 is 1.88 bits per heavy atom. The van der Waals surface area contributed by atoms with E-state index in [0.717, 1.165) is 37.1 Å². The second kappa shape index (κ2) is 9.31. The van der Waals surface area contributed by atoms with Crippen molar-refractivity contribution >= 4 is 17.7 Å². The maximum Gasteiger partial charge on any atom is 0.255 e. The number of nitrogens with zero attached hydrogens (tertiary/aromatic N) is 2. The minimum Gasteiger partial charge on any atom is -0.489 e. The van der Waals surface area contributed by atoms with Gasteiger partial charge in [-0.2, -0.15) is 0 Å². The highest BCUT2D eigenvalue weighted by Gasteiger charge is 2.39. The van der Waals surface area contributed by atoms with Crippen LogP contribution in [0.2, 0.25) is 0 Å². The molecular weight excluding hydrogens is 420 g/mol. The van der Waals surface area contributed by atoms with E-state index in [4.69, 9.17) is 4.74 Å². The van der Waals surface area contributed by atoms with Crippen molar-refractivity contribution in [2.75, 3.05) is 0 Å². The summed E-state index contributed by atoms with van der Waals surface area (Å²) in [6, 6.07) is 9.23. The number of carbonyl (C=O) groups excluding carboxylic acids is 3. The lowest BCUT2D eigenvalue weighted by atomic mass is 9.92. The van der Waals surface area contributed by atoms with E-state index in [2.05, 4.69) is 15.6 Å². The summed E-state index contributed by atoms with van der Waals surface area (Å²) in [4.78, 5) is 42.3. The monoisotopic (exact) mass is 448 g/mol. The topological polar surface area (TPSA) is 101 Å². The quantitative estimate of drug-likeness (QED) is 0.658. The first kappa shape index (κ1) is 21.6. The number of nitrogens with one attached hydrogen (secondary N) is 2. The molecule has 2 aliphatic heterocycles. The molecule has 1 saturated heterocycles. The molecule has 1 aromatic carbocycles. The van der Waals surface area contributed by atoms with Crippen molar-refractivity contribution in [3.63, 3.8) is 0 Å². The molecule has 8 heteroatoms. The number of pyridine rings is 1. The van der Waals surface area contributed by atoms with E-state index < -0.39 is 11.9 Å². The number of amides is 3. The van der Waals surface area contributed by atoms with Crippen LogP contribution in [0, 0.1) is 0 Å². The third kappa shape index (κ3) is 4.61. The van der Waals surface area contributed by atoms with E-state index in [-0.39, 0.29) is 30.4 Å². The maximum atomic E-state index is 12.9. The maximum absolute atomic E-state index is 12.9. The Hall–Kier alpha value is -3.26.